The average molecular weight is 404 g/mol. The molecule has 3 aliphatic rings. The van der Waals surface area contributed by atoms with E-state index < -0.39 is 17.5 Å². The van der Waals surface area contributed by atoms with E-state index in [9.17, 15) is 14.4 Å². The van der Waals surface area contributed by atoms with Crippen LogP contribution in [0.5, 0.6) is 0 Å². The van der Waals surface area contributed by atoms with Crippen molar-refractivity contribution in [2.24, 2.45) is 0 Å². The maximum Gasteiger partial charge on any atom is 0.325 e. The Kier molecular flexibility index (Phi) is 4.46. The monoisotopic (exact) mass is 404 g/mol. The molecule has 2 saturated heterocycles. The maximum atomic E-state index is 13.1. The van der Waals surface area contributed by atoms with Gasteiger partial charge in [0.25, 0.3) is 5.91 Å². The van der Waals surface area contributed by atoms with Crippen LogP contribution in [0.15, 0.2) is 48.5 Å². The number of fused-ring (bicyclic) bond motifs is 2. The summed E-state index contributed by atoms with van der Waals surface area (Å²) in [5.74, 6) is -0.743. The first-order chi connectivity index (χ1) is 14.6. The number of imide groups is 1. The molecule has 7 nitrogen and oxygen atoms in total. The van der Waals surface area contributed by atoms with Gasteiger partial charge in [-0.2, -0.15) is 0 Å². The van der Waals surface area contributed by atoms with Gasteiger partial charge in [-0.1, -0.05) is 24.3 Å². The fraction of sp³-hybridized carbons (Fsp3) is 0.348. The summed E-state index contributed by atoms with van der Waals surface area (Å²) < 4.78 is 0. The summed E-state index contributed by atoms with van der Waals surface area (Å²) in [5.41, 5.74) is 2.65. The fourth-order valence-corrected chi connectivity index (χ4v) is 4.81. The molecule has 5 rings (SSSR count). The van der Waals surface area contributed by atoms with Crippen molar-refractivity contribution in [3.63, 3.8) is 0 Å². The first-order valence-corrected chi connectivity index (χ1v) is 10.4. The lowest BCUT2D eigenvalue weighted by atomic mass is 9.92. The molecule has 2 heterocycles. The number of carbonyl (C=O) groups is 3. The Bertz CT molecular complexity index is 1010. The van der Waals surface area contributed by atoms with E-state index in [1.165, 1.54) is 12.8 Å². The van der Waals surface area contributed by atoms with Gasteiger partial charge in [0.1, 0.15) is 12.1 Å². The van der Waals surface area contributed by atoms with Crippen LogP contribution in [-0.2, 0) is 21.5 Å². The van der Waals surface area contributed by atoms with Crippen molar-refractivity contribution in [1.29, 1.82) is 0 Å². The van der Waals surface area contributed by atoms with Crippen LogP contribution in [0, 0.1) is 0 Å². The molecule has 30 heavy (non-hydrogen) atoms. The van der Waals surface area contributed by atoms with E-state index in [-0.39, 0.29) is 12.5 Å². The fourth-order valence-electron chi connectivity index (χ4n) is 4.81. The molecule has 0 radical (unpaired) electrons. The Morgan fingerprint density at radius 2 is 1.77 bits per heavy atom. The van der Waals surface area contributed by atoms with Gasteiger partial charge in [-0.25, -0.2) is 4.79 Å². The van der Waals surface area contributed by atoms with Crippen LogP contribution in [0.1, 0.15) is 30.4 Å². The topological polar surface area (TPSA) is 81.8 Å². The third kappa shape index (κ3) is 3.01. The molecule has 154 valence electrons. The van der Waals surface area contributed by atoms with Crippen LogP contribution < -0.4 is 15.5 Å². The number of nitrogens with one attached hydrogen (secondary N) is 2. The number of hydrogen-bond donors (Lipinski definition) is 2. The van der Waals surface area contributed by atoms with Gasteiger partial charge in [0.05, 0.1) is 0 Å². The first kappa shape index (κ1) is 18.7. The summed E-state index contributed by atoms with van der Waals surface area (Å²) in [4.78, 5) is 41.6. The highest BCUT2D eigenvalue weighted by atomic mass is 16.2. The number of hydrogen-bond acceptors (Lipinski definition) is 4. The van der Waals surface area contributed by atoms with Gasteiger partial charge in [-0.3, -0.25) is 14.5 Å². The molecule has 1 spiro atoms. The van der Waals surface area contributed by atoms with E-state index in [2.05, 4.69) is 15.5 Å². The average Bonchev–Trinajstić information content (AvgIpc) is 3.46. The van der Waals surface area contributed by atoms with Crippen molar-refractivity contribution in [2.75, 3.05) is 29.9 Å². The predicted molar refractivity (Wildman–Crippen MR) is 113 cm³/mol. The Morgan fingerprint density at radius 3 is 2.53 bits per heavy atom. The number of aryl methyl sites for hydroxylation is 1. The van der Waals surface area contributed by atoms with E-state index in [4.69, 9.17) is 0 Å². The lowest BCUT2D eigenvalue weighted by molar-refractivity contribution is -0.134. The minimum absolute atomic E-state index is 0.303. The van der Waals surface area contributed by atoms with E-state index in [1.54, 1.807) is 0 Å². The van der Waals surface area contributed by atoms with Crippen molar-refractivity contribution in [2.45, 2.75) is 31.2 Å². The smallest absolute Gasteiger partial charge is 0.325 e. The Balaban J connectivity index is 1.26. The molecule has 2 aliphatic heterocycles. The number of urea groups is 1. The van der Waals surface area contributed by atoms with Crippen molar-refractivity contribution >= 4 is 29.2 Å². The number of rotatable bonds is 4. The van der Waals surface area contributed by atoms with E-state index in [0.29, 0.717) is 12.1 Å². The summed E-state index contributed by atoms with van der Waals surface area (Å²) in [6, 6.07) is 14.8. The van der Waals surface area contributed by atoms with Gasteiger partial charge in [0, 0.05) is 24.5 Å². The molecule has 2 N–H and O–H groups in total. The molecule has 0 bridgehead atoms. The van der Waals surface area contributed by atoms with Gasteiger partial charge in [-0.15, -0.1) is 0 Å². The quantitative estimate of drug-likeness (QED) is 0.768. The summed E-state index contributed by atoms with van der Waals surface area (Å²) in [7, 11) is 0. The molecule has 1 unspecified atom stereocenters. The molecule has 1 atom stereocenters. The van der Waals surface area contributed by atoms with Crippen LogP contribution in [-0.4, -0.2) is 42.4 Å². The van der Waals surface area contributed by atoms with Crippen LogP contribution in [0.25, 0.3) is 0 Å². The number of amides is 4. The zero-order chi connectivity index (χ0) is 20.7. The number of benzene rings is 2. The van der Waals surface area contributed by atoms with Crippen molar-refractivity contribution in [1.82, 2.24) is 10.2 Å². The third-order valence-corrected chi connectivity index (χ3v) is 6.35. The molecule has 2 fully saturated rings. The molecule has 2 aromatic rings. The van der Waals surface area contributed by atoms with Gasteiger partial charge < -0.3 is 15.5 Å². The highest BCUT2D eigenvalue weighted by Crippen LogP contribution is 2.41. The molecule has 7 heteroatoms. The number of anilines is 2. The largest absolute Gasteiger partial charge is 0.372 e. The Morgan fingerprint density at radius 1 is 1.03 bits per heavy atom. The molecule has 0 aromatic heterocycles. The van der Waals surface area contributed by atoms with Crippen molar-refractivity contribution in [3.8, 4) is 0 Å². The third-order valence-electron chi connectivity index (χ3n) is 6.35. The molecule has 4 amide bonds. The zero-order valence-corrected chi connectivity index (χ0v) is 16.7. The normalized spacial score (nSPS) is 22.5. The second-order valence-corrected chi connectivity index (χ2v) is 8.17. The second-order valence-electron chi connectivity index (χ2n) is 8.17. The maximum absolute atomic E-state index is 13.1. The highest BCUT2D eigenvalue weighted by Gasteiger charge is 2.55. The van der Waals surface area contributed by atoms with E-state index >= 15 is 0 Å². The predicted octanol–water partition coefficient (Wildman–Crippen LogP) is 2.62. The summed E-state index contributed by atoms with van der Waals surface area (Å²) in [6.45, 7) is 1.81. The first-order valence-electron chi connectivity index (χ1n) is 10.4. The van der Waals surface area contributed by atoms with E-state index in [1.807, 2.05) is 48.5 Å². The van der Waals surface area contributed by atoms with Gasteiger partial charge in [0.2, 0.25) is 5.91 Å². The Hall–Kier alpha value is -3.35. The van der Waals surface area contributed by atoms with Gasteiger partial charge in [0.15, 0.2) is 0 Å². The summed E-state index contributed by atoms with van der Waals surface area (Å²) in [6.07, 6.45) is 3.66. The highest BCUT2D eigenvalue weighted by molar-refractivity contribution is 6.10. The molecule has 2 aromatic carbocycles. The minimum atomic E-state index is -1.04. The SMILES string of the molecule is O=C(CN1C(=O)NC2(CCc3ccccc32)C1=O)Nc1ccc(N2CCCC2)cc1. The summed E-state index contributed by atoms with van der Waals surface area (Å²) >= 11 is 0. The lowest BCUT2D eigenvalue weighted by Gasteiger charge is -2.22. The molecular formula is C23H24N4O3. The van der Waals surface area contributed by atoms with Crippen LogP contribution >= 0.6 is 0 Å². The van der Waals surface area contributed by atoms with Crippen LogP contribution in [0.2, 0.25) is 0 Å². The summed E-state index contributed by atoms with van der Waals surface area (Å²) in [5, 5.41) is 5.64. The number of carbonyl (C=O) groups excluding carboxylic acids is 3. The second kappa shape index (κ2) is 7.16. The van der Waals surface area contributed by atoms with Crippen molar-refractivity contribution in [3.05, 3.63) is 59.7 Å². The minimum Gasteiger partial charge on any atom is -0.372 e. The lowest BCUT2D eigenvalue weighted by Crippen LogP contribution is -2.42. The standard InChI is InChI=1S/C23H24N4O3/c28-20(24-17-7-9-18(10-8-17)26-13-3-4-14-26)15-27-21(29)23(25-22(27)30)12-11-16-5-1-2-6-19(16)23/h1-2,5-10H,3-4,11-15H2,(H,24,28)(H,25,30). The molecule has 1 aliphatic carbocycles. The number of nitrogens with zero attached hydrogens (tertiary/aromatic N) is 2. The Labute approximate surface area is 175 Å². The van der Waals surface area contributed by atoms with Crippen LogP contribution in [0.3, 0.4) is 0 Å². The molecular weight excluding hydrogens is 380 g/mol. The van der Waals surface area contributed by atoms with E-state index in [0.717, 1.165) is 41.2 Å². The zero-order valence-electron chi connectivity index (χ0n) is 16.7. The van der Waals surface area contributed by atoms with Crippen LogP contribution in [0.4, 0.5) is 16.2 Å². The molecule has 0 saturated carbocycles. The van der Waals surface area contributed by atoms with Gasteiger partial charge >= 0.3 is 6.03 Å². The van der Waals surface area contributed by atoms with Gasteiger partial charge in [-0.05, 0) is 61.1 Å². The van der Waals surface area contributed by atoms with Crippen molar-refractivity contribution < 1.29 is 14.4 Å².